The van der Waals surface area contributed by atoms with Gasteiger partial charge in [0.05, 0.1) is 17.1 Å². The molecule has 0 fully saturated rings. The third-order valence-corrected chi connectivity index (χ3v) is 4.88. The Labute approximate surface area is 122 Å². The van der Waals surface area contributed by atoms with E-state index in [4.69, 9.17) is 0 Å². The Kier molecular flexibility index (Phi) is 5.18. The molecule has 0 aliphatic carbocycles. The van der Waals surface area contributed by atoms with Crippen LogP contribution in [0.3, 0.4) is 0 Å². The third-order valence-electron chi connectivity index (χ3n) is 2.60. The van der Waals surface area contributed by atoms with Crippen molar-refractivity contribution >= 4 is 21.4 Å². The first-order valence-corrected chi connectivity index (χ1v) is 8.61. The molecule has 0 spiro atoms. The SMILES string of the molecule is CNS(=O)(=O)CCNCc1csc(-c2ccccn2)n1. The number of nitrogens with zero attached hydrogens (tertiary/aromatic N) is 2. The Morgan fingerprint density at radius 2 is 2.20 bits per heavy atom. The van der Waals surface area contributed by atoms with Gasteiger partial charge in [0.25, 0.3) is 0 Å². The van der Waals surface area contributed by atoms with Crippen molar-refractivity contribution in [1.82, 2.24) is 20.0 Å². The summed E-state index contributed by atoms with van der Waals surface area (Å²) in [7, 11) is -1.74. The van der Waals surface area contributed by atoms with Gasteiger partial charge in [-0.1, -0.05) is 6.07 Å². The molecule has 0 amide bonds. The van der Waals surface area contributed by atoms with E-state index in [0.717, 1.165) is 16.4 Å². The first-order valence-electron chi connectivity index (χ1n) is 6.08. The number of rotatable bonds is 7. The monoisotopic (exact) mass is 312 g/mol. The summed E-state index contributed by atoms with van der Waals surface area (Å²) >= 11 is 1.53. The van der Waals surface area contributed by atoms with E-state index in [2.05, 4.69) is 20.0 Å². The van der Waals surface area contributed by atoms with Crippen molar-refractivity contribution in [2.24, 2.45) is 0 Å². The highest BCUT2D eigenvalue weighted by Crippen LogP contribution is 2.20. The van der Waals surface area contributed by atoms with Crippen molar-refractivity contribution in [3.8, 4) is 10.7 Å². The van der Waals surface area contributed by atoms with Crippen LogP contribution in [0.2, 0.25) is 0 Å². The van der Waals surface area contributed by atoms with Gasteiger partial charge >= 0.3 is 0 Å². The summed E-state index contributed by atoms with van der Waals surface area (Å²) in [6.07, 6.45) is 1.73. The predicted molar refractivity (Wildman–Crippen MR) is 79.9 cm³/mol. The molecule has 2 N–H and O–H groups in total. The Bertz CT molecular complexity index is 640. The summed E-state index contributed by atoms with van der Waals surface area (Å²) in [5.41, 5.74) is 1.74. The van der Waals surface area contributed by atoms with E-state index in [9.17, 15) is 8.42 Å². The van der Waals surface area contributed by atoms with E-state index >= 15 is 0 Å². The number of sulfonamides is 1. The molecule has 0 radical (unpaired) electrons. The summed E-state index contributed by atoms with van der Waals surface area (Å²) in [6, 6.07) is 5.70. The second-order valence-electron chi connectivity index (χ2n) is 4.06. The maximum absolute atomic E-state index is 11.2. The zero-order valence-corrected chi connectivity index (χ0v) is 12.7. The van der Waals surface area contributed by atoms with E-state index in [1.165, 1.54) is 18.4 Å². The Morgan fingerprint density at radius 3 is 2.90 bits per heavy atom. The van der Waals surface area contributed by atoms with Gasteiger partial charge in [0.1, 0.15) is 5.01 Å². The van der Waals surface area contributed by atoms with Crippen molar-refractivity contribution in [3.63, 3.8) is 0 Å². The summed E-state index contributed by atoms with van der Waals surface area (Å²) < 4.78 is 24.7. The summed E-state index contributed by atoms with van der Waals surface area (Å²) in [4.78, 5) is 8.71. The van der Waals surface area contributed by atoms with Crippen LogP contribution in [0.1, 0.15) is 5.69 Å². The van der Waals surface area contributed by atoms with Crippen LogP contribution in [0.25, 0.3) is 10.7 Å². The maximum atomic E-state index is 11.2. The van der Waals surface area contributed by atoms with Crippen molar-refractivity contribution in [2.75, 3.05) is 19.3 Å². The Balaban J connectivity index is 1.85. The van der Waals surface area contributed by atoms with E-state index in [1.807, 2.05) is 23.6 Å². The zero-order chi connectivity index (χ0) is 14.4. The highest BCUT2D eigenvalue weighted by Gasteiger charge is 2.07. The summed E-state index contributed by atoms with van der Waals surface area (Å²) in [5.74, 6) is 0.0563. The topological polar surface area (TPSA) is 84.0 Å². The molecule has 2 rings (SSSR count). The summed E-state index contributed by atoms with van der Waals surface area (Å²) in [5, 5.41) is 5.88. The standard InChI is InChI=1S/C12H16N4O2S2/c1-13-20(17,18)7-6-14-8-10-9-19-12(16-10)11-4-2-3-5-15-11/h2-5,9,13-14H,6-8H2,1H3. The molecule has 2 aromatic rings. The third kappa shape index (κ3) is 4.34. The molecule has 2 heterocycles. The van der Waals surface area contributed by atoms with Crippen molar-refractivity contribution in [1.29, 1.82) is 0 Å². The Hall–Kier alpha value is -1.35. The van der Waals surface area contributed by atoms with Gasteiger partial charge in [0.2, 0.25) is 10.0 Å². The first-order chi connectivity index (χ1) is 9.61. The van der Waals surface area contributed by atoms with Gasteiger partial charge in [-0.3, -0.25) is 4.98 Å². The molecule has 0 unspecified atom stereocenters. The smallest absolute Gasteiger partial charge is 0.212 e. The van der Waals surface area contributed by atoms with Gasteiger partial charge in [0, 0.05) is 24.7 Å². The van der Waals surface area contributed by atoms with Gasteiger partial charge in [-0.25, -0.2) is 18.1 Å². The van der Waals surface area contributed by atoms with Crippen LogP contribution in [0.15, 0.2) is 29.8 Å². The fraction of sp³-hybridized carbons (Fsp3) is 0.333. The molecule has 0 saturated carbocycles. The average molecular weight is 312 g/mol. The van der Waals surface area contributed by atoms with Crippen LogP contribution in [0, 0.1) is 0 Å². The van der Waals surface area contributed by atoms with Gasteiger partial charge < -0.3 is 5.32 Å². The Morgan fingerprint density at radius 1 is 1.35 bits per heavy atom. The molecule has 108 valence electrons. The lowest BCUT2D eigenvalue weighted by Crippen LogP contribution is -2.29. The number of pyridine rings is 1. The highest BCUT2D eigenvalue weighted by atomic mass is 32.2. The number of hydrogen-bond donors (Lipinski definition) is 2. The molecular weight excluding hydrogens is 296 g/mol. The van der Waals surface area contributed by atoms with Crippen molar-refractivity contribution in [3.05, 3.63) is 35.5 Å². The van der Waals surface area contributed by atoms with Crippen LogP contribution < -0.4 is 10.0 Å². The lowest BCUT2D eigenvalue weighted by atomic mass is 10.4. The number of hydrogen-bond acceptors (Lipinski definition) is 6. The molecule has 8 heteroatoms. The lowest BCUT2D eigenvalue weighted by Gasteiger charge is -2.03. The lowest BCUT2D eigenvalue weighted by molar-refractivity contribution is 0.582. The van der Waals surface area contributed by atoms with Gasteiger partial charge in [0.15, 0.2) is 0 Å². The van der Waals surface area contributed by atoms with E-state index in [-0.39, 0.29) is 5.75 Å². The predicted octanol–water partition coefficient (Wildman–Crippen LogP) is 0.844. The normalized spacial score (nSPS) is 11.7. The average Bonchev–Trinajstić information content (AvgIpc) is 2.93. The minimum absolute atomic E-state index is 0.0563. The van der Waals surface area contributed by atoms with Crippen molar-refractivity contribution < 1.29 is 8.42 Å². The van der Waals surface area contributed by atoms with Gasteiger partial charge in [-0.05, 0) is 19.2 Å². The molecule has 0 saturated heterocycles. The molecule has 0 aromatic carbocycles. The molecular formula is C12H16N4O2S2. The van der Waals surface area contributed by atoms with Gasteiger partial charge in [-0.15, -0.1) is 11.3 Å². The van der Waals surface area contributed by atoms with Crippen LogP contribution in [0.5, 0.6) is 0 Å². The van der Waals surface area contributed by atoms with E-state index < -0.39 is 10.0 Å². The minimum Gasteiger partial charge on any atom is -0.310 e. The summed E-state index contributed by atoms with van der Waals surface area (Å²) in [6.45, 7) is 0.933. The quantitative estimate of drug-likeness (QED) is 0.740. The van der Waals surface area contributed by atoms with Crippen LogP contribution in [-0.2, 0) is 16.6 Å². The molecule has 0 atom stereocenters. The van der Waals surface area contributed by atoms with Gasteiger partial charge in [-0.2, -0.15) is 0 Å². The fourth-order valence-electron chi connectivity index (χ4n) is 1.52. The number of aromatic nitrogens is 2. The second-order valence-corrected chi connectivity index (χ2v) is 6.96. The van der Waals surface area contributed by atoms with Crippen molar-refractivity contribution in [2.45, 2.75) is 6.54 Å². The first kappa shape index (κ1) is 15.0. The largest absolute Gasteiger partial charge is 0.310 e. The minimum atomic E-state index is -3.15. The van der Waals surface area contributed by atoms with E-state index in [1.54, 1.807) is 6.20 Å². The molecule has 0 aliphatic heterocycles. The highest BCUT2D eigenvalue weighted by molar-refractivity contribution is 7.89. The van der Waals surface area contributed by atoms with Crippen LogP contribution in [-0.4, -0.2) is 37.7 Å². The van der Waals surface area contributed by atoms with E-state index in [0.29, 0.717) is 13.1 Å². The molecule has 6 nitrogen and oxygen atoms in total. The molecule has 0 aliphatic rings. The zero-order valence-electron chi connectivity index (χ0n) is 11.0. The fourth-order valence-corrected chi connectivity index (χ4v) is 2.93. The molecule has 0 bridgehead atoms. The maximum Gasteiger partial charge on any atom is 0.212 e. The van der Waals surface area contributed by atoms with Crippen LogP contribution in [0.4, 0.5) is 0 Å². The molecule has 20 heavy (non-hydrogen) atoms. The van der Waals surface area contributed by atoms with Crippen LogP contribution >= 0.6 is 11.3 Å². The molecule has 2 aromatic heterocycles. The second kappa shape index (κ2) is 6.89. The number of thiazole rings is 1. The number of nitrogens with one attached hydrogen (secondary N) is 2.